The lowest BCUT2D eigenvalue weighted by atomic mass is 9.80. The molecular formula is C16H26N2O4. The minimum atomic E-state index is -0.787. The molecule has 2 fully saturated rings. The van der Waals surface area contributed by atoms with Crippen molar-refractivity contribution in [2.45, 2.75) is 52.5 Å². The highest BCUT2D eigenvalue weighted by Crippen LogP contribution is 2.29. The molecule has 0 spiro atoms. The van der Waals surface area contributed by atoms with E-state index < -0.39 is 11.4 Å². The quantitative estimate of drug-likeness (QED) is 0.821. The summed E-state index contributed by atoms with van der Waals surface area (Å²) < 4.78 is 0. The third kappa shape index (κ3) is 3.78. The van der Waals surface area contributed by atoms with Crippen molar-refractivity contribution in [3.63, 3.8) is 0 Å². The van der Waals surface area contributed by atoms with Crippen LogP contribution in [-0.2, 0) is 14.4 Å². The molecule has 6 heteroatoms. The van der Waals surface area contributed by atoms with Gasteiger partial charge in [-0.1, -0.05) is 20.8 Å². The van der Waals surface area contributed by atoms with Crippen molar-refractivity contribution in [1.82, 2.24) is 10.2 Å². The lowest BCUT2D eigenvalue weighted by molar-refractivity contribution is -0.147. The number of piperidine rings is 1. The molecule has 2 aliphatic rings. The highest BCUT2D eigenvalue weighted by molar-refractivity contribution is 5.84. The van der Waals surface area contributed by atoms with E-state index in [1.54, 1.807) is 4.90 Å². The molecule has 1 heterocycles. The van der Waals surface area contributed by atoms with Gasteiger partial charge in [0.25, 0.3) is 0 Å². The number of nitrogens with one attached hydrogen (secondary N) is 1. The maximum Gasteiger partial charge on any atom is 0.306 e. The number of carbonyl (C=O) groups is 3. The first-order valence-electron chi connectivity index (χ1n) is 8.01. The van der Waals surface area contributed by atoms with Crippen LogP contribution in [0.2, 0.25) is 0 Å². The molecule has 2 rings (SSSR count). The summed E-state index contributed by atoms with van der Waals surface area (Å²) in [5.41, 5.74) is -0.430. The van der Waals surface area contributed by atoms with Crippen molar-refractivity contribution >= 4 is 17.8 Å². The number of amides is 2. The summed E-state index contributed by atoms with van der Waals surface area (Å²) in [5.74, 6) is -1.25. The first-order valence-corrected chi connectivity index (χ1v) is 8.01. The molecule has 22 heavy (non-hydrogen) atoms. The monoisotopic (exact) mass is 310 g/mol. The van der Waals surface area contributed by atoms with Gasteiger partial charge in [-0.3, -0.25) is 14.4 Å². The second-order valence-electron chi connectivity index (χ2n) is 7.55. The van der Waals surface area contributed by atoms with Gasteiger partial charge >= 0.3 is 5.97 Å². The molecule has 0 bridgehead atoms. The van der Waals surface area contributed by atoms with Gasteiger partial charge < -0.3 is 15.3 Å². The molecule has 1 saturated carbocycles. The largest absolute Gasteiger partial charge is 0.481 e. The van der Waals surface area contributed by atoms with Crippen LogP contribution in [0.1, 0.15) is 46.5 Å². The van der Waals surface area contributed by atoms with E-state index in [1.165, 1.54) is 0 Å². The molecule has 124 valence electrons. The minimum Gasteiger partial charge on any atom is -0.481 e. The Morgan fingerprint density at radius 1 is 1.14 bits per heavy atom. The average molecular weight is 310 g/mol. The Balaban J connectivity index is 1.83. The smallest absolute Gasteiger partial charge is 0.306 e. The van der Waals surface area contributed by atoms with Crippen LogP contribution in [0.15, 0.2) is 0 Å². The number of aliphatic carboxylic acids is 1. The average Bonchev–Trinajstić information content (AvgIpc) is 2.39. The van der Waals surface area contributed by atoms with Crippen LogP contribution < -0.4 is 5.32 Å². The van der Waals surface area contributed by atoms with Gasteiger partial charge in [0.15, 0.2) is 0 Å². The number of nitrogens with zero attached hydrogens (tertiary/aromatic N) is 1. The number of carbonyl (C=O) groups excluding carboxylic acids is 2. The minimum absolute atomic E-state index is 0.0257. The summed E-state index contributed by atoms with van der Waals surface area (Å²) in [6.07, 6.45) is 2.65. The first-order chi connectivity index (χ1) is 10.2. The zero-order valence-corrected chi connectivity index (χ0v) is 13.6. The van der Waals surface area contributed by atoms with Gasteiger partial charge in [-0.2, -0.15) is 0 Å². The van der Waals surface area contributed by atoms with Crippen molar-refractivity contribution in [2.24, 2.45) is 17.3 Å². The number of carboxylic acid groups (broad SMARTS) is 1. The number of hydrogen-bond acceptors (Lipinski definition) is 3. The normalized spacial score (nSPS) is 28.7. The van der Waals surface area contributed by atoms with Gasteiger partial charge in [-0.25, -0.2) is 0 Å². The van der Waals surface area contributed by atoms with Crippen LogP contribution in [-0.4, -0.2) is 46.9 Å². The molecule has 6 nitrogen and oxygen atoms in total. The Labute approximate surface area is 131 Å². The van der Waals surface area contributed by atoms with E-state index in [1.807, 2.05) is 20.8 Å². The molecule has 2 amide bonds. The van der Waals surface area contributed by atoms with Crippen molar-refractivity contribution in [3.8, 4) is 0 Å². The third-order valence-corrected chi connectivity index (χ3v) is 4.55. The Morgan fingerprint density at radius 3 is 2.32 bits per heavy atom. The lowest BCUT2D eigenvalue weighted by Gasteiger charge is -2.38. The molecule has 1 aliphatic carbocycles. The topological polar surface area (TPSA) is 86.7 Å². The summed E-state index contributed by atoms with van der Waals surface area (Å²) in [4.78, 5) is 37.2. The van der Waals surface area contributed by atoms with Gasteiger partial charge in [0.1, 0.15) is 0 Å². The Kier molecular flexibility index (Phi) is 4.78. The van der Waals surface area contributed by atoms with Crippen molar-refractivity contribution < 1.29 is 19.5 Å². The van der Waals surface area contributed by atoms with Gasteiger partial charge in [0, 0.05) is 24.5 Å². The molecule has 0 aromatic heterocycles. The number of hydrogen-bond donors (Lipinski definition) is 2. The molecule has 1 unspecified atom stereocenters. The molecule has 0 radical (unpaired) electrons. The van der Waals surface area contributed by atoms with Gasteiger partial charge in [0.2, 0.25) is 11.8 Å². The summed E-state index contributed by atoms with van der Waals surface area (Å²) >= 11 is 0. The first kappa shape index (κ1) is 16.8. The fourth-order valence-electron chi connectivity index (χ4n) is 3.11. The highest BCUT2D eigenvalue weighted by atomic mass is 16.4. The van der Waals surface area contributed by atoms with Gasteiger partial charge in [-0.05, 0) is 25.7 Å². The molecule has 1 aliphatic heterocycles. The summed E-state index contributed by atoms with van der Waals surface area (Å²) in [6.45, 7) is 6.85. The third-order valence-electron chi connectivity index (χ3n) is 4.55. The van der Waals surface area contributed by atoms with Crippen LogP contribution >= 0.6 is 0 Å². The van der Waals surface area contributed by atoms with Crippen molar-refractivity contribution in [2.75, 3.05) is 13.1 Å². The maximum absolute atomic E-state index is 12.3. The number of likely N-dealkylation sites (tertiary alicyclic amines) is 1. The number of carboxylic acids is 1. The summed E-state index contributed by atoms with van der Waals surface area (Å²) in [6, 6.07) is -0.0257. The predicted octanol–water partition coefficient (Wildman–Crippen LogP) is 1.25. The van der Waals surface area contributed by atoms with Gasteiger partial charge in [-0.15, -0.1) is 0 Å². The molecule has 1 saturated heterocycles. The van der Waals surface area contributed by atoms with Crippen LogP contribution in [0.25, 0.3) is 0 Å². The van der Waals surface area contributed by atoms with Crippen molar-refractivity contribution in [3.05, 3.63) is 0 Å². The predicted molar refractivity (Wildman–Crippen MR) is 81.0 cm³/mol. The molecule has 0 aromatic rings. The zero-order chi connectivity index (χ0) is 16.5. The van der Waals surface area contributed by atoms with Gasteiger partial charge in [0.05, 0.1) is 11.8 Å². The Bertz CT molecular complexity index is 463. The van der Waals surface area contributed by atoms with E-state index >= 15 is 0 Å². The fraction of sp³-hybridized carbons (Fsp3) is 0.812. The summed E-state index contributed by atoms with van der Waals surface area (Å²) in [7, 11) is 0. The Hall–Kier alpha value is -1.59. The Morgan fingerprint density at radius 2 is 1.77 bits per heavy atom. The van der Waals surface area contributed by atoms with E-state index in [2.05, 4.69) is 5.32 Å². The second-order valence-corrected chi connectivity index (χ2v) is 7.55. The molecule has 0 aromatic carbocycles. The fourth-order valence-corrected chi connectivity index (χ4v) is 3.11. The maximum atomic E-state index is 12.3. The second kappa shape index (κ2) is 6.26. The SMILES string of the molecule is CC(C)(C)C(=O)N1CCCC(C(=O)NC2CC(C(=O)O)C2)C1. The zero-order valence-electron chi connectivity index (χ0n) is 13.6. The highest BCUT2D eigenvalue weighted by Gasteiger charge is 2.38. The van der Waals surface area contributed by atoms with Crippen LogP contribution in [0.5, 0.6) is 0 Å². The van der Waals surface area contributed by atoms with E-state index in [0.717, 1.165) is 12.8 Å². The van der Waals surface area contributed by atoms with E-state index in [9.17, 15) is 14.4 Å². The number of rotatable bonds is 3. The van der Waals surface area contributed by atoms with Crippen LogP contribution in [0.4, 0.5) is 0 Å². The summed E-state index contributed by atoms with van der Waals surface area (Å²) in [5, 5.41) is 11.8. The standard InChI is InChI=1S/C16H26N2O4/c1-16(2,3)15(22)18-6-4-5-10(9-18)13(19)17-12-7-11(8-12)14(20)21/h10-12H,4-9H2,1-3H3,(H,17,19)(H,20,21). The van der Waals surface area contributed by atoms with Crippen molar-refractivity contribution in [1.29, 1.82) is 0 Å². The molecule has 1 atom stereocenters. The van der Waals surface area contributed by atoms with Crippen LogP contribution in [0, 0.1) is 17.3 Å². The van der Waals surface area contributed by atoms with E-state index in [0.29, 0.717) is 25.9 Å². The van der Waals surface area contributed by atoms with Crippen LogP contribution in [0.3, 0.4) is 0 Å². The van der Waals surface area contributed by atoms with E-state index in [4.69, 9.17) is 5.11 Å². The van der Waals surface area contributed by atoms with E-state index in [-0.39, 0.29) is 29.7 Å². The lowest BCUT2D eigenvalue weighted by Crippen LogP contribution is -2.52. The molecular weight excluding hydrogens is 284 g/mol. The molecule has 2 N–H and O–H groups in total.